The number of nitrogens with zero attached hydrogens (tertiary/aromatic N) is 2. The van der Waals surface area contributed by atoms with Gasteiger partial charge in [-0.2, -0.15) is 0 Å². The van der Waals surface area contributed by atoms with Crippen molar-refractivity contribution in [2.24, 2.45) is 16.8 Å². The van der Waals surface area contributed by atoms with Crippen LogP contribution in [0.25, 0.3) is 0 Å². The Hall–Kier alpha value is -4.06. The zero-order chi connectivity index (χ0) is 33.6. The van der Waals surface area contributed by atoms with Crippen LogP contribution in [-0.2, 0) is 19.1 Å². The SMILES string of the molecule is C=CN1C(=O)C(CNC[C@@H]2CCC(=O)N2)CN=C1/C=C/C=C(\Cl)CC1=CC(/C=C/C=C(/CNC[C@@H]2CCC(=O)N2)C(=N)OC)CC=C1. The van der Waals surface area contributed by atoms with E-state index < -0.39 is 0 Å². The number of halogens is 1. The molecule has 0 bridgehead atoms. The number of allylic oxidation sites excluding steroid dienone is 10. The van der Waals surface area contributed by atoms with E-state index in [0.29, 0.717) is 62.9 Å². The molecule has 1 aliphatic carbocycles. The van der Waals surface area contributed by atoms with Gasteiger partial charge in [-0.1, -0.05) is 60.7 Å². The van der Waals surface area contributed by atoms with E-state index in [9.17, 15) is 14.4 Å². The van der Waals surface area contributed by atoms with Gasteiger partial charge in [0.15, 0.2) is 0 Å². The molecule has 3 amide bonds. The van der Waals surface area contributed by atoms with Gasteiger partial charge in [-0.25, -0.2) is 0 Å². The molecule has 2 saturated heterocycles. The monoisotopic (exact) mass is 663 g/mol. The van der Waals surface area contributed by atoms with E-state index in [0.717, 1.165) is 30.4 Å². The molecule has 252 valence electrons. The third-order valence-electron chi connectivity index (χ3n) is 8.36. The lowest BCUT2D eigenvalue weighted by molar-refractivity contribution is -0.129. The molecule has 0 aromatic carbocycles. The van der Waals surface area contributed by atoms with Crippen LogP contribution < -0.4 is 21.3 Å². The lowest BCUT2D eigenvalue weighted by Crippen LogP contribution is -2.46. The lowest BCUT2D eigenvalue weighted by atomic mass is 9.94. The first kappa shape index (κ1) is 35.8. The molecule has 0 saturated carbocycles. The van der Waals surface area contributed by atoms with Crippen LogP contribution in [0.2, 0.25) is 0 Å². The van der Waals surface area contributed by atoms with E-state index in [1.807, 2.05) is 18.2 Å². The first-order chi connectivity index (χ1) is 22.7. The maximum absolute atomic E-state index is 13.0. The highest BCUT2D eigenvalue weighted by atomic mass is 35.5. The minimum atomic E-state index is -0.300. The maximum atomic E-state index is 13.0. The number of amides is 3. The van der Waals surface area contributed by atoms with Gasteiger partial charge in [0.05, 0.1) is 19.6 Å². The number of hydrogen-bond acceptors (Lipinski definition) is 8. The summed E-state index contributed by atoms with van der Waals surface area (Å²) < 4.78 is 5.16. The number of hydrogen-bond donors (Lipinski definition) is 5. The fraction of sp³-hybridized carbons (Fsp3) is 0.457. The van der Waals surface area contributed by atoms with Crippen molar-refractivity contribution in [3.8, 4) is 0 Å². The fourth-order valence-corrected chi connectivity index (χ4v) is 6.02. The Balaban J connectivity index is 1.26. The summed E-state index contributed by atoms with van der Waals surface area (Å²) in [7, 11) is 1.48. The zero-order valence-electron chi connectivity index (χ0n) is 27.0. The quantitative estimate of drug-likeness (QED) is 0.0972. The third kappa shape index (κ3) is 11.3. The van der Waals surface area contributed by atoms with E-state index >= 15 is 0 Å². The number of carbonyl (C=O) groups excluding carboxylic acids is 3. The summed E-state index contributed by atoms with van der Waals surface area (Å²) in [5.74, 6) is 0.597. The van der Waals surface area contributed by atoms with Crippen molar-refractivity contribution in [3.63, 3.8) is 0 Å². The van der Waals surface area contributed by atoms with E-state index in [2.05, 4.69) is 57.1 Å². The van der Waals surface area contributed by atoms with Crippen LogP contribution in [0.5, 0.6) is 0 Å². The predicted octanol–water partition coefficient (Wildman–Crippen LogP) is 3.40. The highest BCUT2D eigenvalue weighted by molar-refractivity contribution is 6.30. The predicted molar refractivity (Wildman–Crippen MR) is 186 cm³/mol. The van der Waals surface area contributed by atoms with E-state index in [-0.39, 0.29) is 47.5 Å². The molecule has 3 aliphatic heterocycles. The second kappa shape index (κ2) is 18.3. The normalized spacial score (nSPS) is 25.3. The first-order valence-electron chi connectivity index (χ1n) is 16.2. The molecule has 4 atom stereocenters. The van der Waals surface area contributed by atoms with Crippen LogP contribution in [0.15, 0.2) is 88.6 Å². The fourth-order valence-electron chi connectivity index (χ4n) is 5.79. The topological polar surface area (TPSA) is 148 Å². The summed E-state index contributed by atoms with van der Waals surface area (Å²) in [4.78, 5) is 41.9. The number of methoxy groups -OCH3 is 1. The first-order valence-corrected chi connectivity index (χ1v) is 16.5. The van der Waals surface area contributed by atoms with E-state index in [1.165, 1.54) is 18.2 Å². The summed E-state index contributed by atoms with van der Waals surface area (Å²) in [6.07, 6.45) is 23.3. The number of nitrogens with one attached hydrogen (secondary N) is 5. The molecule has 2 unspecified atom stereocenters. The largest absolute Gasteiger partial charge is 0.481 e. The maximum Gasteiger partial charge on any atom is 0.238 e. The van der Waals surface area contributed by atoms with Crippen molar-refractivity contribution in [1.82, 2.24) is 26.2 Å². The molecule has 5 N–H and O–H groups in total. The van der Waals surface area contributed by atoms with Gasteiger partial charge < -0.3 is 26.0 Å². The van der Waals surface area contributed by atoms with Crippen molar-refractivity contribution in [2.75, 3.05) is 39.8 Å². The van der Waals surface area contributed by atoms with Crippen LogP contribution in [0.1, 0.15) is 38.5 Å². The molecule has 0 aromatic rings. The molecule has 4 aliphatic rings. The van der Waals surface area contributed by atoms with Crippen LogP contribution in [0, 0.1) is 17.2 Å². The summed E-state index contributed by atoms with van der Waals surface area (Å²) in [5.41, 5.74) is 1.82. The number of ether oxygens (including phenoxy) is 1. The summed E-state index contributed by atoms with van der Waals surface area (Å²) >= 11 is 6.59. The Bertz CT molecular complexity index is 1410. The second-order valence-corrected chi connectivity index (χ2v) is 12.5. The molecule has 0 aromatic heterocycles. The number of carbonyl (C=O) groups is 3. The Morgan fingerprint density at radius 3 is 2.49 bits per heavy atom. The lowest BCUT2D eigenvalue weighted by Gasteiger charge is -2.28. The van der Waals surface area contributed by atoms with Gasteiger partial charge in [0.2, 0.25) is 23.6 Å². The molecule has 12 heteroatoms. The van der Waals surface area contributed by atoms with Crippen molar-refractivity contribution in [2.45, 2.75) is 50.6 Å². The summed E-state index contributed by atoms with van der Waals surface area (Å²) in [6.45, 7) is 6.39. The minimum Gasteiger partial charge on any atom is -0.481 e. The number of amidine groups is 1. The van der Waals surface area contributed by atoms with Crippen molar-refractivity contribution >= 4 is 41.1 Å². The average Bonchev–Trinajstić information content (AvgIpc) is 3.68. The highest BCUT2D eigenvalue weighted by Gasteiger charge is 2.29. The Morgan fingerprint density at radius 1 is 1.11 bits per heavy atom. The smallest absolute Gasteiger partial charge is 0.238 e. The molecule has 0 radical (unpaired) electrons. The standard InChI is InChI=1S/C35H46ClN7O4/c1-3-43-31(40-21-27(35(43)46)20-39-23-30-14-16-33(45)42-30)12-6-11-28(36)18-25-9-4-7-24(17-25)8-5-10-26(34(37)47-2)19-38-22-29-13-15-32(44)41-29/h3-6,8-12,17,24,27,29-30,37-39H,1,7,13-16,18-23H2,2H3,(H,41,44)(H,42,45)/b8-5+,12-6+,26-10-,28-11-,37-34?/t24?,27?,29-,30-/m0/s1. The van der Waals surface area contributed by atoms with Crippen LogP contribution >= 0.6 is 11.6 Å². The molecular formula is C35H46ClN7O4. The molecule has 3 heterocycles. The Labute approximate surface area is 282 Å². The number of aliphatic imine (C=N–C) groups is 1. The highest BCUT2D eigenvalue weighted by Crippen LogP contribution is 2.24. The second-order valence-electron chi connectivity index (χ2n) is 12.0. The molecule has 0 spiro atoms. The van der Waals surface area contributed by atoms with Crippen molar-refractivity contribution in [3.05, 3.63) is 83.6 Å². The third-order valence-corrected chi connectivity index (χ3v) is 8.62. The van der Waals surface area contributed by atoms with Crippen molar-refractivity contribution in [1.29, 1.82) is 5.41 Å². The molecule has 4 rings (SSSR count). The minimum absolute atomic E-state index is 0.0689. The molecular weight excluding hydrogens is 618 g/mol. The van der Waals surface area contributed by atoms with Crippen molar-refractivity contribution < 1.29 is 19.1 Å². The van der Waals surface area contributed by atoms with Gasteiger partial charge in [0, 0.05) is 74.3 Å². The van der Waals surface area contributed by atoms with Crippen LogP contribution in [0.3, 0.4) is 0 Å². The van der Waals surface area contributed by atoms with E-state index in [4.69, 9.17) is 21.7 Å². The molecule has 2 fully saturated rings. The van der Waals surface area contributed by atoms with Crippen LogP contribution in [0.4, 0.5) is 0 Å². The molecule has 11 nitrogen and oxygen atoms in total. The van der Waals surface area contributed by atoms with Gasteiger partial charge in [-0.15, -0.1) is 0 Å². The van der Waals surface area contributed by atoms with Gasteiger partial charge in [-0.3, -0.25) is 29.7 Å². The average molecular weight is 664 g/mol. The zero-order valence-corrected chi connectivity index (χ0v) is 27.7. The Kier molecular flexibility index (Phi) is 14.0. The van der Waals surface area contributed by atoms with Gasteiger partial charge in [-0.05, 0) is 42.9 Å². The molecule has 47 heavy (non-hydrogen) atoms. The van der Waals surface area contributed by atoms with Gasteiger partial charge >= 0.3 is 0 Å². The number of rotatable bonds is 16. The summed E-state index contributed by atoms with van der Waals surface area (Å²) in [5, 5.41) is 21.2. The van der Waals surface area contributed by atoms with Gasteiger partial charge in [0.1, 0.15) is 5.84 Å². The van der Waals surface area contributed by atoms with Gasteiger partial charge in [0.25, 0.3) is 0 Å². The summed E-state index contributed by atoms with van der Waals surface area (Å²) in [6, 6.07) is 0.232. The van der Waals surface area contributed by atoms with E-state index in [1.54, 1.807) is 12.2 Å². The Morgan fingerprint density at radius 2 is 1.83 bits per heavy atom. The van der Waals surface area contributed by atoms with Crippen LogP contribution in [-0.4, -0.2) is 86.3 Å².